The van der Waals surface area contributed by atoms with Crippen molar-refractivity contribution in [2.24, 2.45) is 5.92 Å². The molecular formula is C15H15BClN3O. The molecule has 2 heterocycles. The van der Waals surface area contributed by atoms with Crippen LogP contribution in [0.15, 0.2) is 30.3 Å². The maximum atomic E-state index is 12.2. The quantitative estimate of drug-likeness (QED) is 0.494. The number of carbonyl (C=O) groups is 1. The number of ketones is 1. The van der Waals surface area contributed by atoms with Crippen LogP contribution in [0, 0.1) is 5.92 Å². The van der Waals surface area contributed by atoms with Gasteiger partial charge in [-0.15, -0.1) is 16.7 Å². The Kier molecular flexibility index (Phi) is 2.76. The maximum Gasteiger partial charge on any atom is 0.217 e. The summed E-state index contributed by atoms with van der Waals surface area (Å²) in [5.41, 5.74) is 1.15. The molecule has 1 fully saturated rings. The van der Waals surface area contributed by atoms with Crippen molar-refractivity contribution in [1.82, 2.24) is 14.8 Å². The van der Waals surface area contributed by atoms with Gasteiger partial charge in [-0.2, -0.15) is 0 Å². The molecule has 0 spiro atoms. The van der Waals surface area contributed by atoms with Gasteiger partial charge in [0.25, 0.3) is 0 Å². The van der Waals surface area contributed by atoms with Crippen LogP contribution >= 0.6 is 11.6 Å². The first-order valence-corrected chi connectivity index (χ1v) is 7.69. The van der Waals surface area contributed by atoms with Gasteiger partial charge in [-0.1, -0.05) is 30.3 Å². The van der Waals surface area contributed by atoms with Gasteiger partial charge in [0.1, 0.15) is 13.7 Å². The molecule has 1 saturated carbocycles. The van der Waals surface area contributed by atoms with E-state index in [1.807, 2.05) is 30.7 Å². The Morgan fingerprint density at radius 1 is 1.33 bits per heavy atom. The standard InChI is InChI=1S/C15H15BClN3O/c16-15(17)8-11(9-4-2-1-3-5-9)20-14(15)18-13(19-20)12(21)10-6-7-10/h1-5,10-11H,6-8,16H2/t11-,15-/m0/s1. The van der Waals surface area contributed by atoms with E-state index in [1.54, 1.807) is 0 Å². The zero-order valence-corrected chi connectivity index (χ0v) is 12.5. The predicted molar refractivity (Wildman–Crippen MR) is 82.3 cm³/mol. The largest absolute Gasteiger partial charge is 0.290 e. The number of rotatable bonds is 3. The smallest absolute Gasteiger partial charge is 0.217 e. The van der Waals surface area contributed by atoms with Crippen molar-refractivity contribution in [2.45, 2.75) is 30.1 Å². The van der Waals surface area contributed by atoms with Crippen LogP contribution in [0.5, 0.6) is 0 Å². The van der Waals surface area contributed by atoms with Crippen molar-refractivity contribution in [1.29, 1.82) is 0 Å². The van der Waals surface area contributed by atoms with Crippen LogP contribution in [0.2, 0.25) is 0 Å². The Labute approximate surface area is 128 Å². The van der Waals surface area contributed by atoms with Gasteiger partial charge in [0.05, 0.1) is 10.8 Å². The average Bonchev–Trinajstić information content (AvgIpc) is 3.17. The summed E-state index contributed by atoms with van der Waals surface area (Å²) >= 11 is 6.62. The Morgan fingerprint density at radius 3 is 2.71 bits per heavy atom. The molecule has 1 aliphatic carbocycles. The summed E-state index contributed by atoms with van der Waals surface area (Å²) in [6.07, 6.45) is 2.66. The van der Waals surface area contributed by atoms with Gasteiger partial charge in [-0.3, -0.25) is 4.79 Å². The molecule has 2 atom stereocenters. The Hall–Kier alpha value is -1.62. The molecule has 106 valence electrons. The zero-order valence-electron chi connectivity index (χ0n) is 11.8. The van der Waals surface area contributed by atoms with E-state index in [0.717, 1.165) is 24.8 Å². The average molecular weight is 300 g/mol. The van der Waals surface area contributed by atoms with Crippen LogP contribution in [-0.2, 0) is 4.77 Å². The van der Waals surface area contributed by atoms with Crippen molar-refractivity contribution in [3.63, 3.8) is 0 Å². The maximum absolute atomic E-state index is 12.2. The third-order valence-corrected chi connectivity index (χ3v) is 4.65. The molecule has 2 aliphatic rings. The summed E-state index contributed by atoms with van der Waals surface area (Å²) in [5.74, 6) is 1.24. The monoisotopic (exact) mass is 299 g/mol. The van der Waals surface area contributed by atoms with E-state index in [2.05, 4.69) is 22.2 Å². The second-order valence-electron chi connectivity index (χ2n) is 6.17. The van der Waals surface area contributed by atoms with Gasteiger partial charge >= 0.3 is 0 Å². The molecule has 21 heavy (non-hydrogen) atoms. The van der Waals surface area contributed by atoms with Gasteiger partial charge in [0, 0.05) is 5.92 Å². The lowest BCUT2D eigenvalue weighted by Gasteiger charge is -2.14. The van der Waals surface area contributed by atoms with Gasteiger partial charge in [-0.25, -0.2) is 9.67 Å². The van der Waals surface area contributed by atoms with E-state index in [-0.39, 0.29) is 17.7 Å². The SMILES string of the molecule is B[C@]1(Cl)C[C@@H](c2ccccc2)n2nc(C(=O)C3CC3)nc21. The number of carbonyl (C=O) groups excluding carboxylic acids is 1. The number of aromatic nitrogens is 3. The molecule has 4 nitrogen and oxygen atoms in total. The number of nitrogens with zero attached hydrogens (tertiary/aromatic N) is 3. The van der Waals surface area contributed by atoms with Crippen molar-refractivity contribution < 1.29 is 4.79 Å². The number of Topliss-reactive ketones (excluding diaryl/α,β-unsaturated/α-hetero) is 1. The summed E-state index contributed by atoms with van der Waals surface area (Å²) < 4.78 is 1.27. The first-order valence-electron chi connectivity index (χ1n) is 7.31. The summed E-state index contributed by atoms with van der Waals surface area (Å²) in [5, 5.41) is 4.48. The van der Waals surface area contributed by atoms with E-state index in [4.69, 9.17) is 11.6 Å². The number of hydrogen-bond donors (Lipinski definition) is 0. The van der Waals surface area contributed by atoms with Crippen LogP contribution in [0.25, 0.3) is 0 Å². The molecule has 0 N–H and O–H groups in total. The molecule has 1 aliphatic heterocycles. The fraction of sp³-hybridized carbons (Fsp3) is 0.400. The van der Waals surface area contributed by atoms with Crippen LogP contribution in [0.4, 0.5) is 0 Å². The second-order valence-corrected chi connectivity index (χ2v) is 7.00. The summed E-state index contributed by atoms with van der Waals surface area (Å²) in [6, 6.07) is 10.2. The minimum Gasteiger partial charge on any atom is -0.290 e. The van der Waals surface area contributed by atoms with Gasteiger partial charge in [0.2, 0.25) is 11.6 Å². The number of alkyl halides is 1. The third kappa shape index (κ3) is 2.11. The second kappa shape index (κ2) is 4.44. The molecule has 1 aromatic heterocycles. The van der Waals surface area contributed by atoms with Crippen LogP contribution < -0.4 is 0 Å². The van der Waals surface area contributed by atoms with E-state index in [1.165, 1.54) is 0 Å². The molecule has 0 unspecified atom stereocenters. The lowest BCUT2D eigenvalue weighted by Crippen LogP contribution is -2.17. The summed E-state index contributed by atoms with van der Waals surface area (Å²) in [7, 11) is 1.95. The molecule has 4 rings (SSSR count). The first kappa shape index (κ1) is 13.1. The Balaban J connectivity index is 1.77. The van der Waals surface area contributed by atoms with Crippen molar-refractivity contribution in [2.75, 3.05) is 0 Å². The summed E-state index contributed by atoms with van der Waals surface area (Å²) in [4.78, 5) is 16.6. The molecule has 0 saturated heterocycles. The van der Waals surface area contributed by atoms with Crippen LogP contribution in [0.1, 0.15) is 47.3 Å². The lowest BCUT2D eigenvalue weighted by molar-refractivity contribution is 0.0957. The minimum atomic E-state index is -0.574. The summed E-state index contributed by atoms with van der Waals surface area (Å²) in [6.45, 7) is 0. The van der Waals surface area contributed by atoms with Crippen molar-refractivity contribution in [3.8, 4) is 0 Å². The number of hydrogen-bond acceptors (Lipinski definition) is 3. The third-order valence-electron chi connectivity index (χ3n) is 4.32. The zero-order chi connectivity index (χ0) is 14.6. The molecule has 0 bridgehead atoms. The molecule has 0 amide bonds. The topological polar surface area (TPSA) is 47.8 Å². The highest BCUT2D eigenvalue weighted by Crippen LogP contribution is 2.44. The number of benzene rings is 1. The van der Waals surface area contributed by atoms with Gasteiger partial charge < -0.3 is 0 Å². The molecule has 6 heteroatoms. The molecule has 1 aromatic carbocycles. The molecule has 0 radical (unpaired) electrons. The van der Waals surface area contributed by atoms with Gasteiger partial charge in [0.15, 0.2) is 0 Å². The van der Waals surface area contributed by atoms with E-state index < -0.39 is 4.77 Å². The first-order chi connectivity index (χ1) is 10.1. The molecule has 2 aromatic rings. The highest BCUT2D eigenvalue weighted by molar-refractivity contribution is 6.44. The number of fused-ring (bicyclic) bond motifs is 1. The highest BCUT2D eigenvalue weighted by atomic mass is 35.5. The van der Waals surface area contributed by atoms with E-state index in [0.29, 0.717) is 11.6 Å². The van der Waals surface area contributed by atoms with Gasteiger partial charge in [-0.05, 0) is 24.8 Å². The van der Waals surface area contributed by atoms with Crippen molar-refractivity contribution >= 4 is 25.2 Å². The fourth-order valence-electron chi connectivity index (χ4n) is 3.00. The number of halogens is 1. The predicted octanol–water partition coefficient (Wildman–Crippen LogP) is 1.89. The minimum absolute atomic E-state index is 0.0527. The lowest BCUT2D eigenvalue weighted by atomic mass is 9.82. The Morgan fingerprint density at radius 2 is 2.05 bits per heavy atom. The normalized spacial score (nSPS) is 27.6. The Bertz CT molecular complexity index is 709. The van der Waals surface area contributed by atoms with Crippen LogP contribution in [-0.4, -0.2) is 28.4 Å². The fourth-order valence-corrected chi connectivity index (χ4v) is 3.28. The van der Waals surface area contributed by atoms with Crippen LogP contribution in [0.3, 0.4) is 0 Å². The van der Waals surface area contributed by atoms with Crippen molar-refractivity contribution in [3.05, 3.63) is 47.5 Å². The van der Waals surface area contributed by atoms with E-state index in [9.17, 15) is 4.79 Å². The highest BCUT2D eigenvalue weighted by Gasteiger charge is 2.44. The molecular weight excluding hydrogens is 284 g/mol. The van der Waals surface area contributed by atoms with E-state index >= 15 is 0 Å².